The van der Waals surface area contributed by atoms with Crippen molar-refractivity contribution in [2.75, 3.05) is 0 Å². The van der Waals surface area contributed by atoms with Crippen molar-refractivity contribution in [3.63, 3.8) is 0 Å². The number of hydrogen-bond acceptors (Lipinski definition) is 4. The van der Waals surface area contributed by atoms with E-state index in [2.05, 4.69) is 22.8 Å². The van der Waals surface area contributed by atoms with Gasteiger partial charge in [-0.25, -0.2) is 0 Å². The first-order valence-electron chi connectivity index (χ1n) is 9.79. The average Bonchev–Trinajstić information content (AvgIpc) is 3.56. The third-order valence-corrected chi connectivity index (χ3v) is 6.98. The smallest absolute Gasteiger partial charge is 0.164 e. The van der Waals surface area contributed by atoms with Crippen LogP contribution in [-0.4, -0.2) is 11.6 Å². The predicted molar refractivity (Wildman–Crippen MR) is 109 cm³/mol. The van der Waals surface area contributed by atoms with Gasteiger partial charge in [0.1, 0.15) is 0 Å². The second-order valence-electron chi connectivity index (χ2n) is 8.08. The van der Waals surface area contributed by atoms with E-state index in [1.807, 2.05) is 19.1 Å². The number of hydrogen-bond donors (Lipinski definition) is 1. The molecule has 1 N–H and O–H groups in total. The summed E-state index contributed by atoms with van der Waals surface area (Å²) in [5.41, 5.74) is 4.75. The van der Waals surface area contributed by atoms with Crippen LogP contribution in [0.3, 0.4) is 0 Å². The van der Waals surface area contributed by atoms with Crippen LogP contribution >= 0.6 is 11.3 Å². The Morgan fingerprint density at radius 1 is 1.07 bits per heavy atom. The highest BCUT2D eigenvalue weighted by atomic mass is 32.1. The zero-order valence-electron chi connectivity index (χ0n) is 15.7. The quantitative estimate of drug-likeness (QED) is 0.789. The Hall–Kier alpha value is -2.20. The Kier molecular flexibility index (Phi) is 3.87. The van der Waals surface area contributed by atoms with E-state index < -0.39 is 0 Å². The van der Waals surface area contributed by atoms with Crippen LogP contribution < -0.4 is 5.32 Å². The lowest BCUT2D eigenvalue weighted by Crippen LogP contribution is -2.32. The van der Waals surface area contributed by atoms with Crippen LogP contribution in [0.25, 0.3) is 10.1 Å². The van der Waals surface area contributed by atoms with Crippen molar-refractivity contribution in [3.8, 4) is 0 Å². The highest BCUT2D eigenvalue weighted by Crippen LogP contribution is 2.50. The minimum absolute atomic E-state index is 0.0521. The maximum atomic E-state index is 13.4. The fourth-order valence-electron chi connectivity index (χ4n) is 4.39. The van der Waals surface area contributed by atoms with Crippen LogP contribution in [0.4, 0.5) is 0 Å². The van der Waals surface area contributed by atoms with E-state index in [9.17, 15) is 9.59 Å². The summed E-state index contributed by atoms with van der Waals surface area (Å²) in [7, 11) is 0. The van der Waals surface area contributed by atoms with Crippen molar-refractivity contribution >= 4 is 33.0 Å². The van der Waals surface area contributed by atoms with Gasteiger partial charge in [0.25, 0.3) is 0 Å². The molecule has 2 aliphatic carbocycles. The molecule has 0 spiro atoms. The van der Waals surface area contributed by atoms with E-state index in [4.69, 9.17) is 0 Å². The van der Waals surface area contributed by atoms with Gasteiger partial charge in [0.05, 0.1) is 0 Å². The van der Waals surface area contributed by atoms with Gasteiger partial charge in [-0.05, 0) is 67.8 Å². The number of thiophene rings is 1. The standard InChI is InChI=1S/C23H23NO2S/c1-12-19(13(2)25)20(17-11-27-18-6-4-3-5-16(17)18)21(23(26)15-9-10-15)22(24-12)14-7-8-14/h3-6,11,14-15,20,24H,7-10H2,1-2H3. The van der Waals surface area contributed by atoms with Gasteiger partial charge in [0, 0.05) is 39.1 Å². The molecule has 2 aromatic rings. The molecule has 3 aliphatic rings. The lowest BCUT2D eigenvalue weighted by atomic mass is 9.76. The van der Waals surface area contributed by atoms with Gasteiger partial charge in [-0.15, -0.1) is 11.3 Å². The molecular formula is C23H23NO2S. The molecule has 4 heteroatoms. The van der Waals surface area contributed by atoms with Gasteiger partial charge in [0.2, 0.25) is 0 Å². The SMILES string of the molecule is CC(=O)C1=C(C)NC(C2CC2)=C(C(=O)C2CC2)C1c1csc2ccccc12. The third-order valence-electron chi connectivity index (χ3n) is 5.99. The van der Waals surface area contributed by atoms with Crippen LogP contribution in [0.15, 0.2) is 52.2 Å². The van der Waals surface area contributed by atoms with Crippen molar-refractivity contribution in [2.24, 2.45) is 11.8 Å². The summed E-state index contributed by atoms with van der Waals surface area (Å²) in [6.07, 6.45) is 4.22. The topological polar surface area (TPSA) is 46.2 Å². The normalized spacial score (nSPS) is 23.0. The highest BCUT2D eigenvalue weighted by Gasteiger charge is 2.44. The molecule has 1 atom stereocenters. The monoisotopic (exact) mass is 377 g/mol. The molecule has 2 fully saturated rings. The van der Waals surface area contributed by atoms with E-state index in [-0.39, 0.29) is 23.4 Å². The fraction of sp³-hybridized carbons (Fsp3) is 0.391. The van der Waals surface area contributed by atoms with Crippen LogP contribution in [0.5, 0.6) is 0 Å². The molecule has 0 radical (unpaired) electrons. The van der Waals surface area contributed by atoms with Crippen molar-refractivity contribution in [1.82, 2.24) is 5.32 Å². The van der Waals surface area contributed by atoms with Crippen molar-refractivity contribution in [2.45, 2.75) is 45.4 Å². The molecule has 1 unspecified atom stereocenters. The summed E-state index contributed by atoms with van der Waals surface area (Å²) in [6, 6.07) is 8.31. The fourth-order valence-corrected chi connectivity index (χ4v) is 5.37. The number of benzene rings is 1. The second kappa shape index (κ2) is 6.16. The highest BCUT2D eigenvalue weighted by molar-refractivity contribution is 7.17. The summed E-state index contributed by atoms with van der Waals surface area (Å²) in [6.45, 7) is 3.61. The number of carbonyl (C=O) groups is 2. The first-order chi connectivity index (χ1) is 13.1. The molecule has 138 valence electrons. The maximum absolute atomic E-state index is 13.4. The van der Waals surface area contributed by atoms with Gasteiger partial charge < -0.3 is 5.32 Å². The van der Waals surface area contributed by atoms with E-state index in [0.717, 1.165) is 59.2 Å². The van der Waals surface area contributed by atoms with E-state index in [1.54, 1.807) is 18.3 Å². The van der Waals surface area contributed by atoms with E-state index in [1.165, 1.54) is 4.70 Å². The zero-order valence-corrected chi connectivity index (χ0v) is 16.5. The van der Waals surface area contributed by atoms with Crippen LogP contribution in [0.1, 0.15) is 51.0 Å². The second-order valence-corrected chi connectivity index (χ2v) is 8.99. The zero-order chi connectivity index (χ0) is 18.7. The first kappa shape index (κ1) is 16.9. The van der Waals surface area contributed by atoms with E-state index in [0.29, 0.717) is 5.92 Å². The molecule has 27 heavy (non-hydrogen) atoms. The Morgan fingerprint density at radius 2 is 1.81 bits per heavy atom. The largest absolute Gasteiger partial charge is 0.362 e. The van der Waals surface area contributed by atoms with Crippen LogP contribution in [0.2, 0.25) is 0 Å². The van der Waals surface area contributed by atoms with Gasteiger partial charge >= 0.3 is 0 Å². The summed E-state index contributed by atoms with van der Waals surface area (Å²) in [4.78, 5) is 26.1. The number of nitrogens with one attached hydrogen (secondary N) is 1. The van der Waals surface area contributed by atoms with Gasteiger partial charge in [-0.2, -0.15) is 0 Å². The lowest BCUT2D eigenvalue weighted by Gasteiger charge is -2.32. The number of Topliss-reactive ketones (excluding diaryl/α,β-unsaturated/α-hetero) is 2. The third kappa shape index (κ3) is 2.78. The number of carbonyl (C=O) groups excluding carboxylic acids is 2. The molecule has 2 heterocycles. The summed E-state index contributed by atoms with van der Waals surface area (Å²) in [5, 5.41) is 6.80. The summed E-state index contributed by atoms with van der Waals surface area (Å²) >= 11 is 1.70. The molecule has 1 aliphatic heterocycles. The molecule has 0 saturated heterocycles. The first-order valence-corrected chi connectivity index (χ1v) is 10.7. The van der Waals surface area contributed by atoms with Gasteiger partial charge in [0.15, 0.2) is 11.6 Å². The van der Waals surface area contributed by atoms with Crippen molar-refractivity contribution < 1.29 is 9.59 Å². The van der Waals surface area contributed by atoms with Gasteiger partial charge in [-0.1, -0.05) is 18.2 Å². The number of allylic oxidation sites excluding steroid dienone is 4. The number of dihydropyridines is 1. The molecule has 5 rings (SSSR count). The van der Waals surface area contributed by atoms with Crippen LogP contribution in [0, 0.1) is 11.8 Å². The molecular weight excluding hydrogens is 354 g/mol. The van der Waals surface area contributed by atoms with Crippen molar-refractivity contribution in [3.05, 3.63) is 57.7 Å². The number of ketones is 2. The van der Waals surface area contributed by atoms with Crippen LogP contribution in [-0.2, 0) is 9.59 Å². The maximum Gasteiger partial charge on any atom is 0.164 e. The summed E-state index contributed by atoms with van der Waals surface area (Å²) in [5.74, 6) is 0.670. The molecule has 0 bridgehead atoms. The summed E-state index contributed by atoms with van der Waals surface area (Å²) < 4.78 is 1.21. The molecule has 2 saturated carbocycles. The number of fused-ring (bicyclic) bond motifs is 1. The molecule has 0 amide bonds. The van der Waals surface area contributed by atoms with Gasteiger partial charge in [-0.3, -0.25) is 9.59 Å². The average molecular weight is 378 g/mol. The Morgan fingerprint density at radius 3 is 2.48 bits per heavy atom. The Labute approximate surface area is 163 Å². The minimum atomic E-state index is -0.233. The molecule has 3 nitrogen and oxygen atoms in total. The minimum Gasteiger partial charge on any atom is -0.362 e. The molecule has 1 aromatic carbocycles. The van der Waals surface area contributed by atoms with E-state index >= 15 is 0 Å². The number of rotatable bonds is 5. The Balaban J connectivity index is 1.76. The molecule has 1 aromatic heterocycles. The Bertz CT molecular complexity index is 1030. The lowest BCUT2D eigenvalue weighted by molar-refractivity contribution is -0.117. The van der Waals surface area contributed by atoms with Crippen molar-refractivity contribution in [1.29, 1.82) is 0 Å². The predicted octanol–water partition coefficient (Wildman–Crippen LogP) is 5.09.